The molecule has 2 aromatic carbocycles. The van der Waals surface area contributed by atoms with Crippen molar-refractivity contribution >= 4 is 40.3 Å². The van der Waals surface area contributed by atoms with Crippen LogP contribution in [0, 0.1) is 13.8 Å². The molecule has 0 bridgehead atoms. The number of carbonyl (C=O) groups is 3. The Morgan fingerprint density at radius 3 is 2.50 bits per heavy atom. The zero-order chi connectivity index (χ0) is 23.0. The Bertz CT molecular complexity index is 1130. The molecule has 1 N–H and O–H groups in total. The second kappa shape index (κ2) is 8.31. The number of rotatable bonds is 4. The number of nitrogens with one attached hydrogen (secondary N) is 1. The number of hydrazone groups is 1. The van der Waals surface area contributed by atoms with Crippen LogP contribution in [-0.2, 0) is 19.3 Å². The van der Waals surface area contributed by atoms with E-state index in [1.807, 2.05) is 56.3 Å². The molecule has 0 aromatic heterocycles. The molecule has 9 heteroatoms. The maximum Gasteiger partial charge on any atom is 0.270 e. The minimum absolute atomic E-state index is 0.215. The Balaban J connectivity index is 1.72. The number of amides is 3. The van der Waals surface area contributed by atoms with Gasteiger partial charge in [0.05, 0.1) is 12.2 Å². The number of hydrogen-bond acceptors (Lipinski definition) is 6. The number of thioether (sulfide) groups is 1. The summed E-state index contributed by atoms with van der Waals surface area (Å²) in [6.07, 6.45) is 0. The average molecular weight is 453 g/mol. The number of aryl methyl sites for hydroxylation is 1. The van der Waals surface area contributed by atoms with Crippen LogP contribution in [0.5, 0.6) is 5.75 Å². The van der Waals surface area contributed by atoms with Gasteiger partial charge >= 0.3 is 0 Å². The molecule has 0 radical (unpaired) electrons. The van der Waals surface area contributed by atoms with Gasteiger partial charge < -0.3 is 15.0 Å². The van der Waals surface area contributed by atoms with Gasteiger partial charge in [0.25, 0.3) is 5.91 Å². The first-order chi connectivity index (χ1) is 15.3. The highest BCUT2D eigenvalue weighted by Gasteiger charge is 2.61. The summed E-state index contributed by atoms with van der Waals surface area (Å²) in [4.78, 5) is 38.3. The van der Waals surface area contributed by atoms with Crippen molar-refractivity contribution in [2.45, 2.75) is 32.6 Å². The fraction of sp³-hybridized carbons (Fsp3) is 0.304. The molecule has 2 aliphatic rings. The van der Waals surface area contributed by atoms with Gasteiger partial charge in [-0.05, 0) is 48.9 Å². The highest BCUT2D eigenvalue weighted by atomic mass is 32.2. The van der Waals surface area contributed by atoms with Crippen LogP contribution in [0.15, 0.2) is 47.6 Å². The van der Waals surface area contributed by atoms with E-state index in [0.29, 0.717) is 17.9 Å². The van der Waals surface area contributed by atoms with Crippen LogP contribution in [0.2, 0.25) is 0 Å². The Labute approximate surface area is 190 Å². The summed E-state index contributed by atoms with van der Waals surface area (Å²) in [5.74, 6) is -0.289. The lowest BCUT2D eigenvalue weighted by atomic mass is 10.00. The van der Waals surface area contributed by atoms with Crippen molar-refractivity contribution in [1.82, 2.24) is 10.3 Å². The van der Waals surface area contributed by atoms with Gasteiger partial charge in [-0.15, -0.1) is 5.10 Å². The van der Waals surface area contributed by atoms with E-state index in [1.165, 1.54) is 18.9 Å². The molecule has 2 heterocycles. The lowest BCUT2D eigenvalue weighted by molar-refractivity contribution is -0.139. The van der Waals surface area contributed by atoms with E-state index in [0.717, 1.165) is 28.6 Å². The number of fused-ring (bicyclic) bond motifs is 2. The molecule has 32 heavy (non-hydrogen) atoms. The fourth-order valence-corrected chi connectivity index (χ4v) is 5.29. The summed E-state index contributed by atoms with van der Waals surface area (Å²) in [5, 5.41) is 8.29. The van der Waals surface area contributed by atoms with E-state index < -0.39 is 10.8 Å². The van der Waals surface area contributed by atoms with Gasteiger partial charge in [0, 0.05) is 19.4 Å². The first-order valence-electron chi connectivity index (χ1n) is 10.2. The molecule has 0 saturated carbocycles. The number of ether oxygens (including phenoxy) is 1. The van der Waals surface area contributed by atoms with Crippen LogP contribution in [0.25, 0.3) is 0 Å². The minimum Gasteiger partial charge on any atom is -0.492 e. The van der Waals surface area contributed by atoms with Crippen LogP contribution in [-0.4, -0.2) is 41.0 Å². The second-order valence-electron chi connectivity index (χ2n) is 7.69. The first kappa shape index (κ1) is 21.9. The van der Waals surface area contributed by atoms with E-state index >= 15 is 0 Å². The normalized spacial score (nSPS) is 19.2. The van der Waals surface area contributed by atoms with Crippen LogP contribution in [0.3, 0.4) is 0 Å². The topological polar surface area (TPSA) is 91.3 Å². The zero-order valence-electron chi connectivity index (χ0n) is 18.3. The number of anilines is 1. The smallest absolute Gasteiger partial charge is 0.270 e. The van der Waals surface area contributed by atoms with Crippen LogP contribution < -0.4 is 15.0 Å². The number of amidine groups is 1. The summed E-state index contributed by atoms with van der Waals surface area (Å²) < 4.78 is 5.83. The monoisotopic (exact) mass is 452 g/mol. The summed E-state index contributed by atoms with van der Waals surface area (Å²) >= 11 is 1.08. The molecule has 2 aliphatic heterocycles. The van der Waals surface area contributed by atoms with Gasteiger partial charge in [-0.3, -0.25) is 14.4 Å². The molecule has 1 atom stereocenters. The Hall–Kier alpha value is -3.33. The van der Waals surface area contributed by atoms with Crippen LogP contribution >= 0.6 is 11.8 Å². The molecule has 4 rings (SSSR count). The highest BCUT2D eigenvalue weighted by molar-refractivity contribution is 8.15. The van der Waals surface area contributed by atoms with Crippen molar-refractivity contribution in [3.63, 3.8) is 0 Å². The summed E-state index contributed by atoms with van der Waals surface area (Å²) in [7, 11) is 0. The van der Waals surface area contributed by atoms with Crippen molar-refractivity contribution in [2.24, 2.45) is 5.10 Å². The number of nitrogens with zero attached hydrogens (tertiary/aromatic N) is 3. The molecular formula is C23H24N4O4S. The number of carbonyl (C=O) groups excluding carboxylic acids is 3. The SMILES string of the molecule is CC(=O)NC1=NN(C(C)=O)[C@@]2(S1)C(=O)N(CCOc1ccccc1)c1c2ccc(C)c1C. The van der Waals surface area contributed by atoms with Crippen LogP contribution in [0.4, 0.5) is 5.69 Å². The summed E-state index contributed by atoms with van der Waals surface area (Å²) in [6.45, 7) is 7.23. The summed E-state index contributed by atoms with van der Waals surface area (Å²) in [6, 6.07) is 13.2. The predicted molar refractivity (Wildman–Crippen MR) is 123 cm³/mol. The van der Waals surface area contributed by atoms with Gasteiger partial charge in [0.1, 0.15) is 12.4 Å². The molecule has 2 aromatic rings. The maximum absolute atomic E-state index is 13.9. The molecule has 166 valence electrons. The molecule has 0 fully saturated rings. The summed E-state index contributed by atoms with van der Waals surface area (Å²) in [5.41, 5.74) is 3.41. The van der Waals surface area contributed by atoms with Crippen molar-refractivity contribution in [1.29, 1.82) is 0 Å². The number of hydrogen-bond donors (Lipinski definition) is 1. The molecule has 3 amide bonds. The fourth-order valence-electron chi connectivity index (χ4n) is 3.97. The van der Waals surface area contributed by atoms with Crippen LogP contribution in [0.1, 0.15) is 30.5 Å². The third-order valence-electron chi connectivity index (χ3n) is 5.51. The molecule has 8 nitrogen and oxygen atoms in total. The Morgan fingerprint density at radius 1 is 1.12 bits per heavy atom. The third kappa shape index (κ3) is 3.52. The standard InChI is InChI=1S/C23H24N4O4S/c1-14-10-11-19-20(15(14)2)26(12-13-31-18-8-6-5-7-9-18)21(30)23(19)27(17(4)29)25-22(32-23)24-16(3)28/h5-11H,12-13H2,1-4H3,(H,24,25,28)/t23-/m0/s1. The predicted octanol–water partition coefficient (Wildman–Crippen LogP) is 2.88. The Kier molecular flexibility index (Phi) is 5.68. The van der Waals surface area contributed by atoms with Crippen molar-refractivity contribution in [3.8, 4) is 5.75 Å². The van der Waals surface area contributed by atoms with E-state index in [-0.39, 0.29) is 23.6 Å². The van der Waals surface area contributed by atoms with Gasteiger partial charge in [0.15, 0.2) is 5.17 Å². The number of benzene rings is 2. The highest BCUT2D eigenvalue weighted by Crippen LogP contribution is 2.55. The third-order valence-corrected chi connectivity index (χ3v) is 6.75. The zero-order valence-corrected chi connectivity index (χ0v) is 19.2. The van der Waals surface area contributed by atoms with Gasteiger partial charge in [0.2, 0.25) is 16.7 Å². The molecule has 0 aliphatic carbocycles. The first-order valence-corrected chi connectivity index (χ1v) is 11.0. The number of para-hydroxylation sites is 1. The Morgan fingerprint density at radius 2 is 1.84 bits per heavy atom. The van der Waals surface area contributed by atoms with Crippen molar-refractivity contribution < 1.29 is 19.1 Å². The van der Waals surface area contributed by atoms with E-state index in [1.54, 1.807) is 4.90 Å². The van der Waals surface area contributed by atoms with Crippen molar-refractivity contribution in [2.75, 3.05) is 18.1 Å². The maximum atomic E-state index is 13.9. The van der Waals surface area contributed by atoms with E-state index in [9.17, 15) is 14.4 Å². The lowest BCUT2D eigenvalue weighted by Gasteiger charge is -2.29. The molecular weight excluding hydrogens is 428 g/mol. The molecule has 0 unspecified atom stereocenters. The lowest BCUT2D eigenvalue weighted by Crippen LogP contribution is -2.49. The van der Waals surface area contributed by atoms with Gasteiger partial charge in [-0.1, -0.05) is 30.3 Å². The molecule has 1 spiro atoms. The van der Waals surface area contributed by atoms with Gasteiger partial charge in [-0.25, -0.2) is 0 Å². The van der Waals surface area contributed by atoms with E-state index in [2.05, 4.69) is 10.4 Å². The largest absolute Gasteiger partial charge is 0.492 e. The van der Waals surface area contributed by atoms with Gasteiger partial charge in [-0.2, -0.15) is 5.01 Å². The quantitative estimate of drug-likeness (QED) is 0.770. The second-order valence-corrected chi connectivity index (χ2v) is 8.87. The average Bonchev–Trinajstić information content (AvgIpc) is 3.23. The minimum atomic E-state index is -1.40. The van der Waals surface area contributed by atoms with Crippen molar-refractivity contribution in [3.05, 3.63) is 59.2 Å². The molecule has 0 saturated heterocycles. The van der Waals surface area contributed by atoms with E-state index in [4.69, 9.17) is 4.74 Å².